The Kier molecular flexibility index (Phi) is 4.77. The van der Waals surface area contributed by atoms with Crippen molar-refractivity contribution < 1.29 is 9.13 Å². The van der Waals surface area contributed by atoms with E-state index in [1.54, 1.807) is 19.4 Å². The molecule has 4 aromatic rings. The van der Waals surface area contributed by atoms with Crippen LogP contribution in [0.15, 0.2) is 54.7 Å². The highest BCUT2D eigenvalue weighted by atomic mass is 35.5. The molecule has 0 amide bonds. The molecule has 26 heavy (non-hydrogen) atoms. The van der Waals surface area contributed by atoms with Crippen molar-refractivity contribution in [2.75, 3.05) is 12.8 Å². The number of nitrogen functional groups attached to an aromatic ring is 1. The molecule has 0 atom stereocenters. The quantitative estimate of drug-likeness (QED) is 0.558. The molecule has 0 radical (unpaired) electrons. The number of aromatic nitrogens is 3. The van der Waals surface area contributed by atoms with Gasteiger partial charge in [-0.2, -0.15) is 0 Å². The number of fused-ring (bicyclic) bond motifs is 1. The van der Waals surface area contributed by atoms with E-state index in [1.165, 1.54) is 12.1 Å². The van der Waals surface area contributed by atoms with E-state index in [4.69, 9.17) is 10.5 Å². The van der Waals surface area contributed by atoms with Crippen molar-refractivity contribution in [3.05, 3.63) is 60.5 Å². The van der Waals surface area contributed by atoms with Gasteiger partial charge in [0, 0.05) is 11.8 Å². The average Bonchev–Trinajstić information content (AvgIpc) is 3.05. The molecule has 0 saturated carbocycles. The minimum absolute atomic E-state index is 0. The van der Waals surface area contributed by atoms with Gasteiger partial charge in [0.25, 0.3) is 0 Å². The molecule has 2 heterocycles. The third-order valence-electron chi connectivity index (χ3n) is 4.02. The summed E-state index contributed by atoms with van der Waals surface area (Å²) < 4.78 is 18.7. The molecule has 4 rings (SSSR count). The Morgan fingerprint density at radius 3 is 2.73 bits per heavy atom. The lowest BCUT2D eigenvalue weighted by Gasteiger charge is -2.07. The van der Waals surface area contributed by atoms with Crippen molar-refractivity contribution in [1.82, 2.24) is 15.0 Å². The third-order valence-corrected chi connectivity index (χ3v) is 4.02. The first kappa shape index (κ1) is 17.7. The van der Waals surface area contributed by atoms with E-state index in [0.717, 1.165) is 16.9 Å². The van der Waals surface area contributed by atoms with Crippen LogP contribution in [-0.4, -0.2) is 22.1 Å². The van der Waals surface area contributed by atoms with E-state index in [2.05, 4.69) is 15.0 Å². The number of hydrogen-bond donors (Lipinski definition) is 2. The summed E-state index contributed by atoms with van der Waals surface area (Å²) in [4.78, 5) is 11.9. The van der Waals surface area contributed by atoms with Gasteiger partial charge >= 0.3 is 0 Å². The normalized spacial score (nSPS) is 10.5. The molecule has 0 saturated heterocycles. The maximum Gasteiger partial charge on any atom is 0.142 e. The number of benzene rings is 2. The van der Waals surface area contributed by atoms with Crippen LogP contribution >= 0.6 is 12.4 Å². The number of hydrogen-bond acceptors (Lipinski definition) is 4. The predicted molar refractivity (Wildman–Crippen MR) is 103 cm³/mol. The summed E-state index contributed by atoms with van der Waals surface area (Å²) in [6.07, 6.45) is 1.70. The lowest BCUT2D eigenvalue weighted by atomic mass is 10.0. The fraction of sp³-hybridized carbons (Fsp3) is 0.0526. The van der Waals surface area contributed by atoms with Crippen molar-refractivity contribution >= 4 is 29.3 Å². The second-order valence-electron chi connectivity index (χ2n) is 5.64. The first-order chi connectivity index (χ1) is 12.1. The van der Waals surface area contributed by atoms with E-state index < -0.39 is 0 Å². The van der Waals surface area contributed by atoms with Gasteiger partial charge in [-0.25, -0.2) is 14.4 Å². The molecule has 2 aromatic carbocycles. The summed E-state index contributed by atoms with van der Waals surface area (Å²) in [7, 11) is 1.62. The highest BCUT2D eigenvalue weighted by Crippen LogP contribution is 2.30. The van der Waals surface area contributed by atoms with Crippen LogP contribution in [0.1, 0.15) is 0 Å². The Morgan fingerprint density at radius 1 is 1.08 bits per heavy atom. The number of methoxy groups -OCH3 is 1. The van der Waals surface area contributed by atoms with Crippen molar-refractivity contribution in [1.29, 1.82) is 0 Å². The number of aromatic amines is 1. The number of nitrogens with one attached hydrogen (secondary N) is 1. The molecule has 2 aromatic heterocycles. The Hall–Kier alpha value is -3.12. The molecule has 0 spiro atoms. The molecular formula is C19H16ClFN4O. The van der Waals surface area contributed by atoms with Crippen LogP contribution in [0, 0.1) is 5.82 Å². The third kappa shape index (κ3) is 3.19. The Bertz CT molecular complexity index is 1080. The van der Waals surface area contributed by atoms with Crippen LogP contribution in [0.2, 0.25) is 0 Å². The Morgan fingerprint density at radius 2 is 1.92 bits per heavy atom. The van der Waals surface area contributed by atoms with Crippen LogP contribution in [0.3, 0.4) is 0 Å². The summed E-state index contributed by atoms with van der Waals surface area (Å²) >= 11 is 0. The monoisotopic (exact) mass is 370 g/mol. The fourth-order valence-corrected chi connectivity index (χ4v) is 2.73. The number of nitrogens with zero attached hydrogens (tertiary/aromatic N) is 2. The molecule has 7 heteroatoms. The van der Waals surface area contributed by atoms with Crippen LogP contribution in [0.4, 0.5) is 10.2 Å². The largest absolute Gasteiger partial charge is 0.497 e. The van der Waals surface area contributed by atoms with E-state index in [1.807, 2.05) is 30.3 Å². The smallest absolute Gasteiger partial charge is 0.142 e. The number of pyridine rings is 1. The second kappa shape index (κ2) is 7.01. The lowest BCUT2D eigenvalue weighted by Crippen LogP contribution is -1.96. The highest BCUT2D eigenvalue weighted by Gasteiger charge is 2.12. The van der Waals surface area contributed by atoms with Crippen molar-refractivity contribution in [3.8, 4) is 28.3 Å². The van der Waals surface area contributed by atoms with Gasteiger partial charge in [0.1, 0.15) is 23.2 Å². The average molecular weight is 371 g/mol. The van der Waals surface area contributed by atoms with Gasteiger partial charge < -0.3 is 15.5 Å². The van der Waals surface area contributed by atoms with Crippen LogP contribution in [0.5, 0.6) is 5.75 Å². The molecular weight excluding hydrogens is 355 g/mol. The summed E-state index contributed by atoms with van der Waals surface area (Å²) in [5.41, 5.74) is 9.82. The molecule has 0 fully saturated rings. The van der Waals surface area contributed by atoms with Gasteiger partial charge in [-0.05, 0) is 42.0 Å². The molecule has 132 valence electrons. The summed E-state index contributed by atoms with van der Waals surface area (Å²) in [6.45, 7) is 0. The van der Waals surface area contributed by atoms with Gasteiger partial charge in [-0.3, -0.25) is 0 Å². The van der Waals surface area contributed by atoms with Crippen molar-refractivity contribution in [3.63, 3.8) is 0 Å². The Balaban J connectivity index is 0.00000196. The first-order valence-electron chi connectivity index (χ1n) is 7.69. The van der Waals surface area contributed by atoms with Gasteiger partial charge in [0.05, 0.1) is 23.7 Å². The van der Waals surface area contributed by atoms with Crippen LogP contribution in [-0.2, 0) is 0 Å². The number of nitrogens with two attached hydrogens (primary N) is 1. The zero-order valence-corrected chi connectivity index (χ0v) is 14.7. The van der Waals surface area contributed by atoms with E-state index in [-0.39, 0.29) is 18.2 Å². The molecule has 0 aliphatic heterocycles. The number of ether oxygens (including phenoxy) is 1. The van der Waals surface area contributed by atoms with Crippen molar-refractivity contribution in [2.45, 2.75) is 0 Å². The number of anilines is 1. The van der Waals surface area contributed by atoms with Crippen LogP contribution < -0.4 is 10.5 Å². The number of rotatable bonds is 3. The van der Waals surface area contributed by atoms with Crippen molar-refractivity contribution in [2.24, 2.45) is 0 Å². The maximum atomic E-state index is 13.4. The highest BCUT2D eigenvalue weighted by molar-refractivity contribution is 5.85. The molecule has 5 nitrogen and oxygen atoms in total. The summed E-state index contributed by atoms with van der Waals surface area (Å²) in [5, 5.41) is 0. The van der Waals surface area contributed by atoms with E-state index in [9.17, 15) is 4.39 Å². The topological polar surface area (TPSA) is 76.8 Å². The lowest BCUT2D eigenvalue weighted by molar-refractivity contribution is 0.415. The number of imidazole rings is 1. The maximum absolute atomic E-state index is 13.4. The minimum atomic E-state index is -0.320. The molecule has 0 unspecified atom stereocenters. The van der Waals surface area contributed by atoms with Gasteiger partial charge in [-0.1, -0.05) is 12.1 Å². The fourth-order valence-electron chi connectivity index (χ4n) is 2.73. The summed E-state index contributed by atoms with van der Waals surface area (Å²) in [6, 6.07) is 14.0. The predicted octanol–water partition coefficient (Wildman–Crippen LogP) is 4.44. The zero-order chi connectivity index (χ0) is 17.4. The Labute approximate surface area is 155 Å². The van der Waals surface area contributed by atoms with Crippen LogP contribution in [0.25, 0.3) is 33.5 Å². The molecule has 0 aliphatic rings. The number of H-pyrrole nitrogens is 1. The standard InChI is InChI=1S/C19H15FN4O.ClH/c1-25-14-4-2-3-11(7-14)12-8-15(18(21)22-10-12)19-23-16-6-5-13(20)9-17(16)24-19;/h2-10H,1H3,(H2,21,22)(H,23,24);1H. The summed E-state index contributed by atoms with van der Waals surface area (Å²) in [5.74, 6) is 1.34. The molecule has 3 N–H and O–H groups in total. The second-order valence-corrected chi connectivity index (χ2v) is 5.64. The number of halogens is 2. The van der Waals surface area contributed by atoms with E-state index >= 15 is 0 Å². The molecule has 0 bridgehead atoms. The molecule has 0 aliphatic carbocycles. The van der Waals surface area contributed by atoms with Gasteiger partial charge in [-0.15, -0.1) is 12.4 Å². The van der Waals surface area contributed by atoms with Gasteiger partial charge in [0.15, 0.2) is 0 Å². The van der Waals surface area contributed by atoms with E-state index in [0.29, 0.717) is 28.2 Å². The van der Waals surface area contributed by atoms with Gasteiger partial charge in [0.2, 0.25) is 0 Å². The minimum Gasteiger partial charge on any atom is -0.497 e. The zero-order valence-electron chi connectivity index (χ0n) is 13.9. The SMILES string of the molecule is COc1cccc(-c2cnc(N)c(-c3nc4ccc(F)cc4[nH]3)c2)c1.Cl. The first-order valence-corrected chi connectivity index (χ1v) is 7.69.